The molecular weight excluding hydrogens is 424 g/mol. The van der Waals surface area contributed by atoms with Gasteiger partial charge in [-0.05, 0) is 60.7 Å². The van der Waals surface area contributed by atoms with Crippen LogP contribution in [-0.4, -0.2) is 44.0 Å². The number of nitrogens with zero attached hydrogens (tertiary/aromatic N) is 1. The van der Waals surface area contributed by atoms with Crippen molar-refractivity contribution in [2.75, 3.05) is 30.5 Å². The molecular formula is C25H20N2O6. The minimum atomic E-state index is -0.478. The van der Waals surface area contributed by atoms with Crippen LogP contribution in [0.5, 0.6) is 0 Å². The monoisotopic (exact) mass is 444 g/mol. The number of anilines is 2. The fourth-order valence-corrected chi connectivity index (χ4v) is 3.38. The molecule has 0 atom stereocenters. The van der Waals surface area contributed by atoms with Gasteiger partial charge in [0.1, 0.15) is 6.61 Å². The first kappa shape index (κ1) is 21.9. The molecule has 0 saturated heterocycles. The molecule has 166 valence electrons. The molecule has 3 aromatic rings. The Balaban J connectivity index is 1.41. The second-order valence-corrected chi connectivity index (χ2v) is 7.20. The fourth-order valence-electron chi connectivity index (χ4n) is 3.38. The van der Waals surface area contributed by atoms with Gasteiger partial charge in [0.2, 0.25) is 0 Å². The van der Waals surface area contributed by atoms with Gasteiger partial charge in [0.15, 0.2) is 0 Å². The van der Waals surface area contributed by atoms with Crippen molar-refractivity contribution in [3.63, 3.8) is 0 Å². The smallest absolute Gasteiger partial charge is 0.338 e. The van der Waals surface area contributed by atoms with Crippen LogP contribution in [0.25, 0.3) is 0 Å². The molecule has 0 saturated carbocycles. The molecule has 0 fully saturated rings. The number of ether oxygens (including phenoxy) is 2. The summed E-state index contributed by atoms with van der Waals surface area (Å²) >= 11 is 0. The van der Waals surface area contributed by atoms with Crippen molar-refractivity contribution in [2.45, 2.75) is 0 Å². The Hall–Kier alpha value is -4.30. The van der Waals surface area contributed by atoms with Crippen molar-refractivity contribution in [1.82, 2.24) is 0 Å². The lowest BCUT2D eigenvalue weighted by Gasteiger charge is -2.14. The third kappa shape index (κ3) is 4.51. The topological polar surface area (TPSA) is 102 Å². The summed E-state index contributed by atoms with van der Waals surface area (Å²) in [4.78, 5) is 50.8. The third-order valence-corrected chi connectivity index (χ3v) is 5.08. The van der Waals surface area contributed by atoms with Gasteiger partial charge in [0.05, 0.1) is 29.0 Å². The van der Waals surface area contributed by atoms with E-state index in [1.165, 1.54) is 19.2 Å². The standard InChI is InChI=1S/C25H20N2O6/c1-32-14-15-33-25(31)17-6-10-18(11-7-17)26-22(28)16-8-12-19(13-9-16)27-23(29)20-4-2-3-5-21(20)24(27)30/h2-13H,14-15H2,1H3,(H,26,28). The van der Waals surface area contributed by atoms with Crippen LogP contribution < -0.4 is 10.2 Å². The summed E-state index contributed by atoms with van der Waals surface area (Å²) < 4.78 is 9.88. The molecule has 0 spiro atoms. The van der Waals surface area contributed by atoms with Crippen LogP contribution in [0.3, 0.4) is 0 Å². The lowest BCUT2D eigenvalue weighted by molar-refractivity contribution is 0.0388. The number of hydrogen-bond acceptors (Lipinski definition) is 6. The minimum absolute atomic E-state index is 0.157. The molecule has 1 aliphatic heterocycles. The number of amides is 3. The van der Waals surface area contributed by atoms with Gasteiger partial charge in [0, 0.05) is 18.4 Å². The fraction of sp³-hybridized carbons (Fsp3) is 0.120. The largest absolute Gasteiger partial charge is 0.460 e. The number of nitrogens with one attached hydrogen (secondary N) is 1. The zero-order valence-electron chi connectivity index (χ0n) is 17.7. The Bertz CT molecular complexity index is 1180. The Morgan fingerprint density at radius 2 is 1.36 bits per heavy atom. The summed E-state index contributed by atoms with van der Waals surface area (Å²) in [7, 11) is 1.52. The number of carbonyl (C=O) groups excluding carboxylic acids is 4. The van der Waals surface area contributed by atoms with Gasteiger partial charge >= 0.3 is 5.97 Å². The maximum Gasteiger partial charge on any atom is 0.338 e. The molecule has 8 heteroatoms. The number of rotatable bonds is 7. The third-order valence-electron chi connectivity index (χ3n) is 5.08. The summed E-state index contributed by atoms with van der Waals surface area (Å²) in [6.07, 6.45) is 0. The van der Waals surface area contributed by atoms with E-state index >= 15 is 0 Å². The van der Waals surface area contributed by atoms with Gasteiger partial charge in [-0.15, -0.1) is 0 Å². The zero-order valence-corrected chi connectivity index (χ0v) is 17.7. The first-order valence-electron chi connectivity index (χ1n) is 10.1. The summed E-state index contributed by atoms with van der Waals surface area (Å²) in [6.45, 7) is 0.468. The van der Waals surface area contributed by atoms with E-state index in [1.807, 2.05) is 0 Å². The molecule has 0 aromatic heterocycles. The predicted octanol–water partition coefficient (Wildman–Crippen LogP) is 3.54. The lowest BCUT2D eigenvalue weighted by Crippen LogP contribution is -2.29. The van der Waals surface area contributed by atoms with Crippen LogP contribution in [0.15, 0.2) is 72.8 Å². The molecule has 3 amide bonds. The summed E-state index contributed by atoms with van der Waals surface area (Å²) in [6, 6.07) is 19.1. The quantitative estimate of drug-likeness (QED) is 0.340. The highest BCUT2D eigenvalue weighted by molar-refractivity contribution is 6.34. The number of hydrogen-bond donors (Lipinski definition) is 1. The van der Waals surface area contributed by atoms with E-state index < -0.39 is 17.8 Å². The van der Waals surface area contributed by atoms with E-state index in [-0.39, 0.29) is 12.5 Å². The second-order valence-electron chi connectivity index (χ2n) is 7.20. The molecule has 0 aliphatic carbocycles. The molecule has 1 heterocycles. The summed E-state index contributed by atoms with van der Waals surface area (Å²) in [5.74, 6) is -1.64. The van der Waals surface area contributed by atoms with E-state index in [2.05, 4.69) is 5.32 Å². The molecule has 0 bridgehead atoms. The summed E-state index contributed by atoms with van der Waals surface area (Å²) in [5.41, 5.74) is 2.30. The van der Waals surface area contributed by atoms with Gasteiger partial charge in [-0.1, -0.05) is 12.1 Å². The van der Waals surface area contributed by atoms with E-state index in [1.54, 1.807) is 60.7 Å². The molecule has 8 nitrogen and oxygen atoms in total. The van der Waals surface area contributed by atoms with Crippen LogP contribution in [0.1, 0.15) is 41.4 Å². The number of benzene rings is 3. The highest BCUT2D eigenvalue weighted by atomic mass is 16.6. The van der Waals surface area contributed by atoms with Crippen molar-refractivity contribution in [2.24, 2.45) is 0 Å². The number of methoxy groups -OCH3 is 1. The number of esters is 1. The number of carbonyl (C=O) groups is 4. The van der Waals surface area contributed by atoms with Gasteiger partial charge < -0.3 is 14.8 Å². The Morgan fingerprint density at radius 1 is 0.788 bits per heavy atom. The van der Waals surface area contributed by atoms with Crippen LogP contribution in [-0.2, 0) is 9.47 Å². The Kier molecular flexibility index (Phi) is 6.28. The van der Waals surface area contributed by atoms with Gasteiger partial charge in [-0.3, -0.25) is 14.4 Å². The van der Waals surface area contributed by atoms with Crippen molar-refractivity contribution in [3.05, 3.63) is 95.1 Å². The lowest BCUT2D eigenvalue weighted by atomic mass is 10.1. The SMILES string of the molecule is COCCOC(=O)c1ccc(NC(=O)c2ccc(N3C(=O)c4ccccc4C3=O)cc2)cc1. The minimum Gasteiger partial charge on any atom is -0.460 e. The second kappa shape index (κ2) is 9.46. The van der Waals surface area contributed by atoms with Crippen LogP contribution in [0.2, 0.25) is 0 Å². The van der Waals surface area contributed by atoms with Crippen LogP contribution >= 0.6 is 0 Å². The van der Waals surface area contributed by atoms with Crippen molar-refractivity contribution >= 4 is 35.1 Å². The maximum absolute atomic E-state index is 12.6. The van der Waals surface area contributed by atoms with Gasteiger partial charge in [0.25, 0.3) is 17.7 Å². The Morgan fingerprint density at radius 3 is 1.94 bits per heavy atom. The van der Waals surface area contributed by atoms with Crippen molar-refractivity contribution in [3.8, 4) is 0 Å². The van der Waals surface area contributed by atoms with Crippen molar-refractivity contribution < 1.29 is 28.7 Å². The predicted molar refractivity (Wildman–Crippen MR) is 121 cm³/mol. The van der Waals surface area contributed by atoms with E-state index in [9.17, 15) is 19.2 Å². The van der Waals surface area contributed by atoms with Crippen LogP contribution in [0.4, 0.5) is 11.4 Å². The average molecular weight is 444 g/mol. The molecule has 0 unspecified atom stereocenters. The van der Waals surface area contributed by atoms with Gasteiger partial charge in [-0.25, -0.2) is 9.69 Å². The van der Waals surface area contributed by atoms with E-state index in [0.717, 1.165) is 4.90 Å². The van der Waals surface area contributed by atoms with E-state index in [0.29, 0.717) is 40.2 Å². The van der Waals surface area contributed by atoms with Gasteiger partial charge in [-0.2, -0.15) is 0 Å². The molecule has 3 aromatic carbocycles. The summed E-state index contributed by atoms with van der Waals surface area (Å²) in [5, 5.41) is 2.74. The number of fused-ring (bicyclic) bond motifs is 1. The first-order chi connectivity index (χ1) is 16.0. The first-order valence-corrected chi connectivity index (χ1v) is 10.1. The molecule has 4 rings (SSSR count). The highest BCUT2D eigenvalue weighted by Gasteiger charge is 2.36. The van der Waals surface area contributed by atoms with Crippen molar-refractivity contribution in [1.29, 1.82) is 0 Å². The normalized spacial score (nSPS) is 12.5. The average Bonchev–Trinajstić information content (AvgIpc) is 3.10. The maximum atomic E-state index is 12.6. The molecule has 0 radical (unpaired) electrons. The number of imide groups is 1. The highest BCUT2D eigenvalue weighted by Crippen LogP contribution is 2.28. The van der Waals surface area contributed by atoms with Crippen LogP contribution in [0, 0.1) is 0 Å². The van der Waals surface area contributed by atoms with E-state index in [4.69, 9.17) is 9.47 Å². The molecule has 33 heavy (non-hydrogen) atoms. The molecule has 1 aliphatic rings. The Labute approximate surface area is 189 Å². The molecule has 1 N–H and O–H groups in total. The zero-order chi connectivity index (χ0) is 23.4.